The lowest BCUT2D eigenvalue weighted by Gasteiger charge is -2.29. The van der Waals surface area contributed by atoms with Crippen molar-refractivity contribution in [3.05, 3.63) is 35.4 Å². The summed E-state index contributed by atoms with van der Waals surface area (Å²) in [6.45, 7) is 0.558. The van der Waals surface area contributed by atoms with Crippen LogP contribution in [0.5, 0.6) is 0 Å². The molecule has 0 saturated carbocycles. The van der Waals surface area contributed by atoms with Gasteiger partial charge in [-0.25, -0.2) is 13.2 Å². The summed E-state index contributed by atoms with van der Waals surface area (Å²) in [4.78, 5) is 10.7. The van der Waals surface area contributed by atoms with E-state index < -0.39 is 22.1 Å². The number of aliphatic hydroxyl groups excluding tert-OH is 1. The van der Waals surface area contributed by atoms with Gasteiger partial charge < -0.3 is 10.2 Å². The van der Waals surface area contributed by atoms with E-state index in [4.69, 9.17) is 5.11 Å². The lowest BCUT2D eigenvalue weighted by molar-refractivity contribution is 0.0697. The standard InChI is InChI=1S/C13H17NO5S/c15-12-2-1-7-14(8-12)20(18,19)9-10-3-5-11(6-4-10)13(16)17/h3-6,12,15H,1-2,7-9H2,(H,16,17). The lowest BCUT2D eigenvalue weighted by atomic mass is 10.1. The van der Waals surface area contributed by atoms with Crippen LogP contribution in [0.2, 0.25) is 0 Å². The highest BCUT2D eigenvalue weighted by atomic mass is 32.2. The third-order valence-corrected chi connectivity index (χ3v) is 5.12. The molecule has 1 atom stereocenters. The number of hydrogen-bond donors (Lipinski definition) is 2. The molecule has 0 bridgehead atoms. The molecule has 110 valence electrons. The van der Waals surface area contributed by atoms with Gasteiger partial charge in [0.25, 0.3) is 0 Å². The van der Waals surface area contributed by atoms with Crippen LogP contribution in [0.1, 0.15) is 28.8 Å². The van der Waals surface area contributed by atoms with Crippen molar-refractivity contribution < 1.29 is 23.4 Å². The Morgan fingerprint density at radius 2 is 1.95 bits per heavy atom. The predicted octanol–water partition coefficient (Wildman–Crippen LogP) is 0.671. The zero-order valence-corrected chi connectivity index (χ0v) is 11.7. The summed E-state index contributed by atoms with van der Waals surface area (Å²) >= 11 is 0. The van der Waals surface area contributed by atoms with Crippen molar-refractivity contribution in [1.29, 1.82) is 0 Å². The summed E-state index contributed by atoms with van der Waals surface area (Å²) in [7, 11) is -3.48. The van der Waals surface area contributed by atoms with Crippen molar-refractivity contribution in [3.8, 4) is 0 Å². The average Bonchev–Trinajstić information content (AvgIpc) is 2.39. The molecule has 1 aliphatic rings. The molecule has 1 aromatic rings. The van der Waals surface area contributed by atoms with Crippen LogP contribution >= 0.6 is 0 Å². The van der Waals surface area contributed by atoms with Gasteiger partial charge in [-0.2, -0.15) is 4.31 Å². The van der Waals surface area contributed by atoms with Gasteiger partial charge in [0, 0.05) is 13.1 Å². The highest BCUT2D eigenvalue weighted by Gasteiger charge is 2.27. The fraction of sp³-hybridized carbons (Fsp3) is 0.462. The number of rotatable bonds is 4. The van der Waals surface area contributed by atoms with E-state index >= 15 is 0 Å². The van der Waals surface area contributed by atoms with Crippen LogP contribution in [0, 0.1) is 0 Å². The smallest absolute Gasteiger partial charge is 0.335 e. The molecule has 20 heavy (non-hydrogen) atoms. The highest BCUT2D eigenvalue weighted by Crippen LogP contribution is 2.18. The quantitative estimate of drug-likeness (QED) is 0.852. The molecule has 2 rings (SSSR count). The maximum atomic E-state index is 12.2. The zero-order chi connectivity index (χ0) is 14.8. The largest absolute Gasteiger partial charge is 0.478 e. The minimum absolute atomic E-state index is 0.125. The number of carbonyl (C=O) groups is 1. The van der Waals surface area contributed by atoms with Crippen molar-refractivity contribution in [2.75, 3.05) is 13.1 Å². The van der Waals surface area contributed by atoms with Crippen LogP contribution in [0.25, 0.3) is 0 Å². The lowest BCUT2D eigenvalue weighted by Crippen LogP contribution is -2.42. The Morgan fingerprint density at radius 1 is 1.30 bits per heavy atom. The Hall–Kier alpha value is -1.44. The molecule has 2 N–H and O–H groups in total. The molecule has 0 aromatic heterocycles. The van der Waals surface area contributed by atoms with E-state index in [2.05, 4.69) is 0 Å². The highest BCUT2D eigenvalue weighted by molar-refractivity contribution is 7.88. The maximum absolute atomic E-state index is 12.2. The molecule has 0 spiro atoms. The number of hydrogen-bond acceptors (Lipinski definition) is 4. The molecule has 1 fully saturated rings. The van der Waals surface area contributed by atoms with Gasteiger partial charge in [0.15, 0.2) is 0 Å². The second-order valence-electron chi connectivity index (χ2n) is 4.91. The number of nitrogens with zero attached hydrogens (tertiary/aromatic N) is 1. The van der Waals surface area contributed by atoms with Gasteiger partial charge in [-0.3, -0.25) is 0 Å². The van der Waals surface area contributed by atoms with Crippen LogP contribution in [-0.4, -0.2) is 48.1 Å². The average molecular weight is 299 g/mol. The number of sulfonamides is 1. The Morgan fingerprint density at radius 3 is 2.50 bits per heavy atom. The van der Waals surface area contributed by atoms with E-state index in [1.165, 1.54) is 28.6 Å². The van der Waals surface area contributed by atoms with Crippen LogP contribution in [0.3, 0.4) is 0 Å². The topological polar surface area (TPSA) is 94.9 Å². The Kier molecular flexibility index (Phi) is 4.42. The van der Waals surface area contributed by atoms with Gasteiger partial charge >= 0.3 is 5.97 Å². The number of benzene rings is 1. The van der Waals surface area contributed by atoms with Gasteiger partial charge in [0.05, 0.1) is 17.4 Å². The molecular formula is C13H17NO5S. The molecule has 1 unspecified atom stereocenters. The summed E-state index contributed by atoms with van der Waals surface area (Å²) in [5.41, 5.74) is 0.662. The second-order valence-corrected chi connectivity index (χ2v) is 6.88. The summed E-state index contributed by atoms with van der Waals surface area (Å²) in [5, 5.41) is 18.3. The first-order chi connectivity index (χ1) is 9.38. The van der Waals surface area contributed by atoms with Gasteiger partial charge in [0.2, 0.25) is 10.0 Å². The fourth-order valence-corrected chi connectivity index (χ4v) is 3.82. The number of aliphatic hydroxyl groups is 1. The summed E-state index contributed by atoms with van der Waals surface area (Å²) in [6, 6.07) is 5.78. The van der Waals surface area contributed by atoms with E-state index in [0.29, 0.717) is 24.9 Å². The van der Waals surface area contributed by atoms with Gasteiger partial charge in [0.1, 0.15) is 0 Å². The van der Waals surface area contributed by atoms with Crippen molar-refractivity contribution in [2.24, 2.45) is 0 Å². The van der Waals surface area contributed by atoms with Crippen LogP contribution in [0.15, 0.2) is 24.3 Å². The minimum atomic E-state index is -3.48. The Bertz CT molecular complexity index is 581. The molecule has 0 aliphatic carbocycles. The molecule has 7 heteroatoms. The number of β-amino-alcohol motifs (C(OH)–C–C–N with tert-alkyl or cyclic N) is 1. The normalized spacial score (nSPS) is 20.8. The number of carboxylic acid groups (broad SMARTS) is 1. The number of carboxylic acids is 1. The van der Waals surface area contributed by atoms with E-state index in [-0.39, 0.29) is 17.9 Å². The van der Waals surface area contributed by atoms with Crippen molar-refractivity contribution >= 4 is 16.0 Å². The van der Waals surface area contributed by atoms with Gasteiger partial charge in [-0.1, -0.05) is 12.1 Å². The Balaban J connectivity index is 2.09. The predicted molar refractivity (Wildman–Crippen MR) is 72.8 cm³/mol. The monoisotopic (exact) mass is 299 g/mol. The first-order valence-corrected chi connectivity index (χ1v) is 7.97. The first kappa shape index (κ1) is 15.0. The van der Waals surface area contributed by atoms with E-state index in [9.17, 15) is 18.3 Å². The third kappa shape index (κ3) is 3.56. The van der Waals surface area contributed by atoms with E-state index in [1.807, 2.05) is 0 Å². The van der Waals surface area contributed by atoms with Crippen LogP contribution in [-0.2, 0) is 15.8 Å². The van der Waals surface area contributed by atoms with Crippen molar-refractivity contribution in [1.82, 2.24) is 4.31 Å². The summed E-state index contributed by atoms with van der Waals surface area (Å²) in [6.07, 6.45) is 0.672. The number of aromatic carboxylic acids is 1. The number of piperidine rings is 1. The van der Waals surface area contributed by atoms with E-state index in [0.717, 1.165) is 0 Å². The Labute approximate surface area is 117 Å². The molecule has 0 amide bonds. The molecular weight excluding hydrogens is 282 g/mol. The van der Waals surface area contributed by atoms with Crippen molar-refractivity contribution in [3.63, 3.8) is 0 Å². The van der Waals surface area contributed by atoms with Crippen LogP contribution < -0.4 is 0 Å². The van der Waals surface area contributed by atoms with Gasteiger partial charge in [-0.15, -0.1) is 0 Å². The van der Waals surface area contributed by atoms with Crippen LogP contribution in [0.4, 0.5) is 0 Å². The molecule has 6 nitrogen and oxygen atoms in total. The van der Waals surface area contributed by atoms with E-state index in [1.54, 1.807) is 0 Å². The zero-order valence-electron chi connectivity index (χ0n) is 10.9. The molecule has 1 aromatic carbocycles. The fourth-order valence-electron chi connectivity index (χ4n) is 2.22. The van der Waals surface area contributed by atoms with Gasteiger partial charge in [-0.05, 0) is 30.5 Å². The SMILES string of the molecule is O=C(O)c1ccc(CS(=O)(=O)N2CCCC(O)C2)cc1. The molecule has 1 saturated heterocycles. The minimum Gasteiger partial charge on any atom is -0.478 e. The van der Waals surface area contributed by atoms with Crippen molar-refractivity contribution in [2.45, 2.75) is 24.7 Å². The third-order valence-electron chi connectivity index (χ3n) is 3.30. The first-order valence-electron chi connectivity index (χ1n) is 6.36. The summed E-state index contributed by atoms with van der Waals surface area (Å²) < 4.78 is 25.7. The molecule has 1 aliphatic heterocycles. The molecule has 0 radical (unpaired) electrons. The molecule has 1 heterocycles. The second kappa shape index (κ2) is 5.90. The maximum Gasteiger partial charge on any atom is 0.335 e. The summed E-state index contributed by atoms with van der Waals surface area (Å²) in [5.74, 6) is -1.22.